The van der Waals surface area contributed by atoms with Crippen LogP contribution in [-0.4, -0.2) is 23.2 Å². The lowest BCUT2D eigenvalue weighted by atomic mass is 10.3. The maximum absolute atomic E-state index is 10.9. The van der Waals surface area contributed by atoms with Crippen LogP contribution in [0.25, 0.3) is 0 Å². The minimum absolute atomic E-state index is 0.0102. The van der Waals surface area contributed by atoms with E-state index in [-0.39, 0.29) is 5.69 Å². The summed E-state index contributed by atoms with van der Waals surface area (Å²) in [4.78, 5) is 14.8. The summed E-state index contributed by atoms with van der Waals surface area (Å²) in [6, 6.07) is 10.2. The molecule has 0 saturated heterocycles. The Kier molecular flexibility index (Phi) is 4.01. The summed E-state index contributed by atoms with van der Waals surface area (Å²) in [6.45, 7) is 0. The van der Waals surface area contributed by atoms with Gasteiger partial charge in [0.05, 0.1) is 12.8 Å². The summed E-state index contributed by atoms with van der Waals surface area (Å²) in [5.41, 5.74) is 0.735. The van der Waals surface area contributed by atoms with Crippen LogP contribution in [-0.2, 0) is 0 Å². The molecule has 1 aromatic carbocycles. The smallest absolute Gasteiger partial charge is 0.354 e. The second kappa shape index (κ2) is 5.71. The van der Waals surface area contributed by atoms with Gasteiger partial charge in [-0.3, -0.25) is 0 Å². The van der Waals surface area contributed by atoms with Crippen molar-refractivity contribution < 1.29 is 14.6 Å². The molecule has 1 heterocycles. The number of carboxylic acid groups (broad SMARTS) is 1. The quantitative estimate of drug-likeness (QED) is 0.903. The van der Waals surface area contributed by atoms with E-state index in [0.717, 1.165) is 10.2 Å². The Balaban J connectivity index is 2.30. The summed E-state index contributed by atoms with van der Waals surface area (Å²) in [5.74, 6) is 0.0855. The van der Waals surface area contributed by atoms with Crippen LogP contribution in [0, 0.1) is 0 Å². The molecule has 6 heteroatoms. The lowest BCUT2D eigenvalue weighted by Gasteiger charge is -2.10. The van der Waals surface area contributed by atoms with Gasteiger partial charge < -0.3 is 15.2 Å². The molecule has 0 atom stereocenters. The molecule has 0 unspecified atom stereocenters. The molecule has 98 valence electrons. The van der Waals surface area contributed by atoms with Gasteiger partial charge in [-0.15, -0.1) is 0 Å². The van der Waals surface area contributed by atoms with E-state index >= 15 is 0 Å². The van der Waals surface area contributed by atoms with Gasteiger partial charge in [-0.25, -0.2) is 9.78 Å². The Hall–Kier alpha value is -2.08. The molecule has 19 heavy (non-hydrogen) atoms. The summed E-state index contributed by atoms with van der Waals surface area (Å²) in [5, 5.41) is 11.9. The highest BCUT2D eigenvalue weighted by Crippen LogP contribution is 2.29. The van der Waals surface area contributed by atoms with E-state index in [2.05, 4.69) is 26.2 Å². The number of carboxylic acids is 1. The predicted molar refractivity (Wildman–Crippen MR) is 75.2 cm³/mol. The summed E-state index contributed by atoms with van der Waals surface area (Å²) >= 11 is 3.40. The second-order valence-corrected chi connectivity index (χ2v) is 4.54. The molecule has 0 aliphatic rings. The first-order valence-electron chi connectivity index (χ1n) is 5.41. The van der Waals surface area contributed by atoms with E-state index in [9.17, 15) is 4.79 Å². The molecular weight excluding hydrogens is 312 g/mol. The maximum atomic E-state index is 10.9. The van der Waals surface area contributed by atoms with Gasteiger partial charge in [0, 0.05) is 10.5 Å². The molecule has 0 spiro atoms. The standard InChI is InChI=1S/C13H11BrN2O3/c1-19-8-5-6-9(14)11(7-8)16-12-4-2-3-10(15-12)13(17)18/h2-7H,1H3,(H,15,16)(H,17,18). The molecule has 2 N–H and O–H groups in total. The number of pyridine rings is 1. The van der Waals surface area contributed by atoms with Crippen molar-refractivity contribution in [3.8, 4) is 5.75 Å². The largest absolute Gasteiger partial charge is 0.497 e. The molecule has 0 fully saturated rings. The van der Waals surface area contributed by atoms with Gasteiger partial charge in [-0.1, -0.05) is 6.07 Å². The van der Waals surface area contributed by atoms with Gasteiger partial charge in [0.1, 0.15) is 11.6 Å². The third-order valence-electron chi connectivity index (χ3n) is 2.40. The number of ether oxygens (including phenoxy) is 1. The van der Waals surface area contributed by atoms with Gasteiger partial charge in [-0.2, -0.15) is 0 Å². The van der Waals surface area contributed by atoms with Crippen LogP contribution in [0.3, 0.4) is 0 Å². The summed E-state index contributed by atoms with van der Waals surface area (Å²) in [6.07, 6.45) is 0. The third kappa shape index (κ3) is 3.23. The molecule has 0 aliphatic heterocycles. The number of aromatic nitrogens is 1. The van der Waals surface area contributed by atoms with Gasteiger partial charge >= 0.3 is 5.97 Å². The molecule has 0 saturated carbocycles. The van der Waals surface area contributed by atoms with Crippen molar-refractivity contribution in [1.29, 1.82) is 0 Å². The number of hydrogen-bond donors (Lipinski definition) is 2. The Morgan fingerprint density at radius 2 is 2.16 bits per heavy atom. The zero-order valence-electron chi connectivity index (χ0n) is 10.1. The zero-order chi connectivity index (χ0) is 13.8. The van der Waals surface area contributed by atoms with Crippen molar-refractivity contribution in [3.63, 3.8) is 0 Å². The minimum atomic E-state index is -1.06. The van der Waals surface area contributed by atoms with Crippen molar-refractivity contribution in [1.82, 2.24) is 4.98 Å². The summed E-state index contributed by atoms with van der Waals surface area (Å²) < 4.78 is 5.96. The first-order chi connectivity index (χ1) is 9.10. The maximum Gasteiger partial charge on any atom is 0.354 e. The van der Waals surface area contributed by atoms with E-state index in [1.165, 1.54) is 6.07 Å². The van der Waals surface area contributed by atoms with Crippen LogP contribution in [0.15, 0.2) is 40.9 Å². The second-order valence-electron chi connectivity index (χ2n) is 3.68. The van der Waals surface area contributed by atoms with Crippen LogP contribution in [0.4, 0.5) is 11.5 Å². The Morgan fingerprint density at radius 3 is 2.84 bits per heavy atom. The van der Waals surface area contributed by atoms with Crippen LogP contribution >= 0.6 is 15.9 Å². The Labute approximate surface area is 118 Å². The van der Waals surface area contributed by atoms with E-state index in [1.807, 2.05) is 12.1 Å². The van der Waals surface area contributed by atoms with E-state index in [0.29, 0.717) is 11.6 Å². The number of carbonyl (C=O) groups is 1. The molecule has 1 aromatic heterocycles. The highest BCUT2D eigenvalue weighted by Gasteiger charge is 2.07. The number of nitrogens with zero attached hydrogens (tertiary/aromatic N) is 1. The Morgan fingerprint density at radius 1 is 1.37 bits per heavy atom. The first kappa shape index (κ1) is 13.4. The van der Waals surface area contributed by atoms with Crippen LogP contribution in [0.1, 0.15) is 10.5 Å². The van der Waals surface area contributed by atoms with E-state index in [4.69, 9.17) is 9.84 Å². The molecule has 0 bridgehead atoms. The van der Waals surface area contributed by atoms with Gasteiger partial charge in [0.2, 0.25) is 0 Å². The number of hydrogen-bond acceptors (Lipinski definition) is 4. The monoisotopic (exact) mass is 322 g/mol. The van der Waals surface area contributed by atoms with Gasteiger partial charge in [0.15, 0.2) is 5.69 Å². The highest BCUT2D eigenvalue weighted by molar-refractivity contribution is 9.10. The van der Waals surface area contributed by atoms with Gasteiger partial charge in [-0.05, 0) is 40.2 Å². The highest BCUT2D eigenvalue weighted by atomic mass is 79.9. The number of rotatable bonds is 4. The fraction of sp³-hybridized carbons (Fsp3) is 0.0769. The molecule has 0 aliphatic carbocycles. The fourth-order valence-electron chi connectivity index (χ4n) is 1.49. The lowest BCUT2D eigenvalue weighted by Crippen LogP contribution is -2.02. The number of benzene rings is 1. The van der Waals surface area contributed by atoms with E-state index < -0.39 is 5.97 Å². The average Bonchev–Trinajstić information content (AvgIpc) is 2.41. The van der Waals surface area contributed by atoms with Crippen LogP contribution in [0.2, 0.25) is 0 Å². The topological polar surface area (TPSA) is 71.5 Å². The van der Waals surface area contributed by atoms with E-state index in [1.54, 1.807) is 25.3 Å². The van der Waals surface area contributed by atoms with Crippen molar-refractivity contribution >= 4 is 33.4 Å². The van der Waals surface area contributed by atoms with Crippen molar-refractivity contribution in [2.45, 2.75) is 0 Å². The lowest BCUT2D eigenvalue weighted by molar-refractivity contribution is 0.0690. The number of anilines is 2. The molecule has 5 nitrogen and oxygen atoms in total. The first-order valence-corrected chi connectivity index (χ1v) is 6.20. The van der Waals surface area contributed by atoms with Gasteiger partial charge in [0.25, 0.3) is 0 Å². The van der Waals surface area contributed by atoms with Crippen LogP contribution < -0.4 is 10.1 Å². The number of halogens is 1. The molecule has 2 rings (SSSR count). The SMILES string of the molecule is COc1ccc(Br)c(Nc2cccc(C(=O)O)n2)c1. The average molecular weight is 323 g/mol. The molecule has 0 radical (unpaired) electrons. The summed E-state index contributed by atoms with van der Waals surface area (Å²) in [7, 11) is 1.58. The number of aromatic carboxylic acids is 1. The third-order valence-corrected chi connectivity index (χ3v) is 3.10. The number of methoxy groups -OCH3 is 1. The fourth-order valence-corrected chi connectivity index (χ4v) is 1.83. The Bertz CT molecular complexity index is 617. The van der Waals surface area contributed by atoms with Crippen molar-refractivity contribution in [3.05, 3.63) is 46.6 Å². The van der Waals surface area contributed by atoms with Crippen molar-refractivity contribution in [2.75, 3.05) is 12.4 Å². The number of nitrogens with one attached hydrogen (secondary N) is 1. The molecule has 2 aromatic rings. The van der Waals surface area contributed by atoms with Crippen LogP contribution in [0.5, 0.6) is 5.75 Å². The minimum Gasteiger partial charge on any atom is -0.497 e. The molecule has 0 amide bonds. The predicted octanol–water partition coefficient (Wildman–Crippen LogP) is 3.29. The van der Waals surface area contributed by atoms with Crippen molar-refractivity contribution in [2.24, 2.45) is 0 Å². The molecular formula is C13H11BrN2O3. The normalized spacial score (nSPS) is 10.0. The zero-order valence-corrected chi connectivity index (χ0v) is 11.6.